The van der Waals surface area contributed by atoms with E-state index < -0.39 is 0 Å². The minimum atomic E-state index is -0.205. The van der Waals surface area contributed by atoms with Crippen LogP contribution in [-0.2, 0) is 5.75 Å². The van der Waals surface area contributed by atoms with Gasteiger partial charge in [-0.25, -0.2) is 4.39 Å². The Morgan fingerprint density at radius 2 is 1.81 bits per heavy atom. The molecule has 0 saturated heterocycles. The summed E-state index contributed by atoms with van der Waals surface area (Å²) >= 11 is 1.59. The normalized spacial score (nSPS) is 10.4. The van der Waals surface area contributed by atoms with Gasteiger partial charge in [0.05, 0.1) is 5.69 Å². The molecule has 0 unspecified atom stereocenters. The molecule has 0 saturated carbocycles. The van der Waals surface area contributed by atoms with E-state index in [4.69, 9.17) is 0 Å². The number of thioether (sulfide) groups is 1. The Hall–Kier alpha value is -1.42. The minimum absolute atomic E-state index is 0.205. The first-order valence-corrected chi connectivity index (χ1v) is 5.90. The number of aryl methyl sites for hydroxylation is 1. The lowest BCUT2D eigenvalue weighted by Gasteiger charge is -2.00. The van der Waals surface area contributed by atoms with E-state index in [0.717, 1.165) is 22.0 Å². The number of benzene rings is 1. The van der Waals surface area contributed by atoms with Gasteiger partial charge in [0, 0.05) is 5.75 Å². The highest BCUT2D eigenvalue weighted by Gasteiger charge is 1.98. The predicted molar refractivity (Wildman–Crippen MR) is 62.7 cm³/mol. The topological polar surface area (TPSA) is 25.8 Å². The number of aromatic nitrogens is 2. The highest BCUT2D eigenvalue weighted by atomic mass is 32.2. The molecule has 0 fully saturated rings. The lowest BCUT2D eigenvalue weighted by molar-refractivity contribution is 0.627. The Morgan fingerprint density at radius 1 is 1.06 bits per heavy atom. The molecule has 0 N–H and O–H groups in total. The highest BCUT2D eigenvalue weighted by Crippen LogP contribution is 2.20. The summed E-state index contributed by atoms with van der Waals surface area (Å²) in [6.07, 6.45) is 0. The van der Waals surface area contributed by atoms with Crippen LogP contribution in [0, 0.1) is 12.7 Å². The van der Waals surface area contributed by atoms with Gasteiger partial charge in [0.2, 0.25) is 0 Å². The van der Waals surface area contributed by atoms with Crippen molar-refractivity contribution in [1.82, 2.24) is 10.2 Å². The average Bonchev–Trinajstić information content (AvgIpc) is 2.30. The Bertz CT molecular complexity index is 408. The molecule has 2 nitrogen and oxygen atoms in total. The number of nitrogens with zero attached hydrogens (tertiary/aromatic N) is 2. The van der Waals surface area contributed by atoms with Crippen LogP contribution in [0.5, 0.6) is 0 Å². The number of halogens is 1. The van der Waals surface area contributed by atoms with E-state index in [-0.39, 0.29) is 5.82 Å². The van der Waals surface area contributed by atoms with E-state index in [1.54, 1.807) is 23.9 Å². The van der Waals surface area contributed by atoms with Crippen LogP contribution >= 0.6 is 11.8 Å². The van der Waals surface area contributed by atoms with Crippen LogP contribution in [-0.4, -0.2) is 10.2 Å². The third kappa shape index (κ3) is 3.03. The second kappa shape index (κ2) is 5.07. The lowest BCUT2D eigenvalue weighted by atomic mass is 10.2. The molecular weight excluding hydrogens is 223 g/mol. The van der Waals surface area contributed by atoms with Crippen LogP contribution in [0.4, 0.5) is 4.39 Å². The van der Waals surface area contributed by atoms with Crippen molar-refractivity contribution in [2.45, 2.75) is 17.7 Å². The molecule has 1 aromatic carbocycles. The maximum absolute atomic E-state index is 12.7. The zero-order valence-corrected chi connectivity index (χ0v) is 9.67. The van der Waals surface area contributed by atoms with E-state index in [9.17, 15) is 4.39 Å². The van der Waals surface area contributed by atoms with E-state index in [1.807, 2.05) is 19.1 Å². The van der Waals surface area contributed by atoms with Crippen LogP contribution < -0.4 is 0 Å². The highest BCUT2D eigenvalue weighted by molar-refractivity contribution is 7.98. The van der Waals surface area contributed by atoms with Crippen molar-refractivity contribution in [3.8, 4) is 0 Å². The van der Waals surface area contributed by atoms with Gasteiger partial charge < -0.3 is 0 Å². The first kappa shape index (κ1) is 11.1. The second-order valence-electron chi connectivity index (χ2n) is 3.43. The molecule has 0 radical (unpaired) electrons. The quantitative estimate of drug-likeness (QED) is 0.763. The summed E-state index contributed by atoms with van der Waals surface area (Å²) in [4.78, 5) is 0. The zero-order chi connectivity index (χ0) is 11.4. The summed E-state index contributed by atoms with van der Waals surface area (Å²) in [5.74, 6) is 0.571. The summed E-state index contributed by atoms with van der Waals surface area (Å²) in [5, 5.41) is 8.91. The monoisotopic (exact) mass is 234 g/mol. The summed E-state index contributed by atoms with van der Waals surface area (Å²) < 4.78 is 12.7. The van der Waals surface area contributed by atoms with Gasteiger partial charge >= 0.3 is 0 Å². The fraction of sp³-hybridized carbons (Fsp3) is 0.167. The van der Waals surface area contributed by atoms with E-state index in [2.05, 4.69) is 10.2 Å². The Balaban J connectivity index is 1.97. The molecule has 0 aliphatic heterocycles. The maximum Gasteiger partial charge on any atom is 0.123 e. The van der Waals surface area contributed by atoms with E-state index >= 15 is 0 Å². The molecule has 2 rings (SSSR count). The van der Waals surface area contributed by atoms with Crippen molar-refractivity contribution in [2.75, 3.05) is 0 Å². The third-order valence-corrected chi connectivity index (χ3v) is 3.06. The van der Waals surface area contributed by atoms with Gasteiger partial charge in [-0.15, -0.1) is 5.10 Å². The molecule has 0 aliphatic rings. The smallest absolute Gasteiger partial charge is 0.123 e. The summed E-state index contributed by atoms with van der Waals surface area (Å²) in [7, 11) is 0. The van der Waals surface area contributed by atoms with Crippen molar-refractivity contribution in [3.05, 3.63) is 53.5 Å². The summed E-state index contributed by atoms with van der Waals surface area (Å²) in [5.41, 5.74) is 1.99. The molecule has 0 aliphatic carbocycles. The van der Waals surface area contributed by atoms with Crippen molar-refractivity contribution in [3.63, 3.8) is 0 Å². The Morgan fingerprint density at radius 3 is 2.44 bits per heavy atom. The predicted octanol–water partition coefficient (Wildman–Crippen LogP) is 3.22. The SMILES string of the molecule is Cc1ccc(SCc2ccc(F)cc2)nn1. The Labute approximate surface area is 97.9 Å². The van der Waals surface area contributed by atoms with Gasteiger partial charge in [-0.2, -0.15) is 5.10 Å². The van der Waals surface area contributed by atoms with Crippen LogP contribution in [0.15, 0.2) is 41.4 Å². The first-order chi connectivity index (χ1) is 7.74. The van der Waals surface area contributed by atoms with Crippen LogP contribution in [0.2, 0.25) is 0 Å². The van der Waals surface area contributed by atoms with Crippen molar-refractivity contribution in [1.29, 1.82) is 0 Å². The van der Waals surface area contributed by atoms with Crippen LogP contribution in [0.1, 0.15) is 11.3 Å². The van der Waals surface area contributed by atoms with Crippen molar-refractivity contribution in [2.24, 2.45) is 0 Å². The minimum Gasteiger partial charge on any atom is -0.207 e. The lowest BCUT2D eigenvalue weighted by Crippen LogP contribution is -1.88. The Kier molecular flexibility index (Phi) is 3.51. The van der Waals surface area contributed by atoms with Gasteiger partial charge in [0.15, 0.2) is 0 Å². The molecule has 0 bridgehead atoms. The zero-order valence-electron chi connectivity index (χ0n) is 8.85. The second-order valence-corrected chi connectivity index (χ2v) is 4.42. The molecule has 0 spiro atoms. The first-order valence-electron chi connectivity index (χ1n) is 4.91. The standard InChI is InChI=1S/C12H11FN2S/c1-9-2-7-12(15-14-9)16-8-10-3-5-11(13)6-4-10/h2-7H,8H2,1H3. The van der Waals surface area contributed by atoms with Crippen molar-refractivity contribution >= 4 is 11.8 Å². The van der Waals surface area contributed by atoms with Gasteiger partial charge in [-0.1, -0.05) is 23.9 Å². The molecule has 4 heteroatoms. The fourth-order valence-corrected chi connectivity index (χ4v) is 1.97. The number of rotatable bonds is 3. The molecule has 16 heavy (non-hydrogen) atoms. The van der Waals surface area contributed by atoms with Crippen LogP contribution in [0.25, 0.3) is 0 Å². The van der Waals surface area contributed by atoms with E-state index in [1.165, 1.54) is 12.1 Å². The van der Waals surface area contributed by atoms with Crippen molar-refractivity contribution < 1.29 is 4.39 Å². The fourth-order valence-electron chi connectivity index (χ4n) is 1.20. The van der Waals surface area contributed by atoms with Gasteiger partial charge in [-0.05, 0) is 36.8 Å². The molecule has 0 atom stereocenters. The molecule has 2 aromatic rings. The summed E-state index contributed by atoms with van der Waals surface area (Å²) in [6.45, 7) is 1.90. The third-order valence-electron chi connectivity index (χ3n) is 2.07. The average molecular weight is 234 g/mol. The van der Waals surface area contributed by atoms with Gasteiger partial charge in [0.25, 0.3) is 0 Å². The maximum atomic E-state index is 12.7. The molecular formula is C12H11FN2S. The molecule has 0 amide bonds. The molecule has 82 valence electrons. The van der Waals surface area contributed by atoms with Crippen LogP contribution in [0.3, 0.4) is 0 Å². The van der Waals surface area contributed by atoms with Gasteiger partial charge in [0.1, 0.15) is 10.8 Å². The van der Waals surface area contributed by atoms with E-state index in [0.29, 0.717) is 0 Å². The molecule has 1 aromatic heterocycles. The number of hydrogen-bond acceptors (Lipinski definition) is 3. The largest absolute Gasteiger partial charge is 0.207 e. The van der Waals surface area contributed by atoms with Gasteiger partial charge in [-0.3, -0.25) is 0 Å². The molecule has 1 heterocycles. The number of hydrogen-bond donors (Lipinski definition) is 0. The summed E-state index contributed by atoms with van der Waals surface area (Å²) in [6, 6.07) is 10.4.